The van der Waals surface area contributed by atoms with E-state index in [4.69, 9.17) is 0 Å². The number of tetrazole rings is 1. The molecule has 1 fully saturated rings. The highest BCUT2D eigenvalue weighted by atomic mass is 32.2. The molecule has 0 N–H and O–H groups in total. The van der Waals surface area contributed by atoms with Crippen molar-refractivity contribution in [2.24, 2.45) is 0 Å². The van der Waals surface area contributed by atoms with Gasteiger partial charge >= 0.3 is 0 Å². The Kier molecular flexibility index (Phi) is 4.47. The van der Waals surface area contributed by atoms with E-state index in [9.17, 15) is 14.9 Å². The largest absolute Gasteiger partial charge is 0.311 e. The molecule has 1 atom stereocenters. The quantitative estimate of drug-likeness (QED) is 0.601. The first kappa shape index (κ1) is 16.4. The first-order valence-corrected chi connectivity index (χ1v) is 8.35. The van der Waals surface area contributed by atoms with Gasteiger partial charge in [-0.2, -0.15) is 0 Å². The monoisotopic (exact) mass is 348 g/mol. The van der Waals surface area contributed by atoms with Gasteiger partial charge in [-0.1, -0.05) is 17.8 Å². The molecular weight excluding hydrogens is 332 g/mol. The van der Waals surface area contributed by atoms with E-state index in [1.807, 2.05) is 13.8 Å². The molecule has 0 saturated carbocycles. The van der Waals surface area contributed by atoms with Gasteiger partial charge in [-0.3, -0.25) is 14.9 Å². The normalized spacial score (nSPS) is 17.7. The fraction of sp³-hybridized carbons (Fsp3) is 0.429. The maximum Gasteiger partial charge on any atom is 0.271 e. The Bertz CT molecular complexity index is 777. The lowest BCUT2D eigenvalue weighted by atomic mass is 10.2. The van der Waals surface area contributed by atoms with Crippen molar-refractivity contribution >= 4 is 29.0 Å². The maximum absolute atomic E-state index is 12.7. The van der Waals surface area contributed by atoms with Crippen LogP contribution in [0.4, 0.5) is 11.4 Å². The van der Waals surface area contributed by atoms with Crippen LogP contribution in [0.25, 0.3) is 0 Å². The highest BCUT2D eigenvalue weighted by molar-refractivity contribution is 8.00. The molecule has 1 amide bonds. The number of carbonyl (C=O) groups is 1. The second kappa shape index (κ2) is 6.56. The first-order chi connectivity index (χ1) is 11.5. The number of amides is 1. The molecule has 1 aromatic carbocycles. The summed E-state index contributed by atoms with van der Waals surface area (Å²) in [6.07, 6.45) is 0.636. The number of anilines is 1. The number of nitro groups is 1. The molecule has 24 heavy (non-hydrogen) atoms. The molecule has 1 saturated heterocycles. The number of aromatic nitrogens is 4. The summed E-state index contributed by atoms with van der Waals surface area (Å²) in [5.74, 6) is -0.0844. The van der Waals surface area contributed by atoms with Crippen molar-refractivity contribution in [1.29, 1.82) is 0 Å². The molecule has 3 rings (SSSR count). The summed E-state index contributed by atoms with van der Waals surface area (Å²) in [7, 11) is 0. The topological polar surface area (TPSA) is 107 Å². The van der Waals surface area contributed by atoms with Crippen LogP contribution in [0.15, 0.2) is 29.4 Å². The summed E-state index contributed by atoms with van der Waals surface area (Å²) in [6.45, 7) is 4.44. The van der Waals surface area contributed by atoms with Crippen LogP contribution in [-0.2, 0) is 4.79 Å². The molecule has 0 bridgehead atoms. The summed E-state index contributed by atoms with van der Waals surface area (Å²) in [6, 6.07) is 6.22. The summed E-state index contributed by atoms with van der Waals surface area (Å²) < 4.78 is 1.67. The molecule has 9 nitrogen and oxygen atoms in total. The van der Waals surface area contributed by atoms with E-state index in [-0.39, 0.29) is 22.9 Å². The number of carbonyl (C=O) groups excluding carboxylic acids is 1. The Morgan fingerprint density at radius 2 is 2.21 bits per heavy atom. The molecular formula is C14H16N6O3S. The van der Waals surface area contributed by atoms with Crippen LogP contribution in [-0.4, -0.2) is 42.8 Å². The number of hydrogen-bond acceptors (Lipinski definition) is 7. The summed E-state index contributed by atoms with van der Waals surface area (Å²) in [4.78, 5) is 24.7. The molecule has 0 radical (unpaired) electrons. The molecule has 2 heterocycles. The Morgan fingerprint density at radius 3 is 2.92 bits per heavy atom. The molecule has 0 spiro atoms. The van der Waals surface area contributed by atoms with Gasteiger partial charge in [0.2, 0.25) is 11.1 Å². The van der Waals surface area contributed by atoms with Crippen LogP contribution in [0.3, 0.4) is 0 Å². The predicted octanol–water partition coefficient (Wildman–Crippen LogP) is 2.06. The van der Waals surface area contributed by atoms with Gasteiger partial charge in [0.05, 0.1) is 21.9 Å². The first-order valence-electron chi connectivity index (χ1n) is 7.47. The molecule has 126 valence electrons. The fourth-order valence-electron chi connectivity index (χ4n) is 2.51. The smallest absolute Gasteiger partial charge is 0.271 e. The second-order valence-corrected chi connectivity index (χ2v) is 6.83. The van der Waals surface area contributed by atoms with E-state index in [1.165, 1.54) is 23.9 Å². The lowest BCUT2D eigenvalue weighted by molar-refractivity contribution is -0.384. The van der Waals surface area contributed by atoms with Gasteiger partial charge < -0.3 is 4.90 Å². The Morgan fingerprint density at radius 1 is 1.42 bits per heavy atom. The van der Waals surface area contributed by atoms with Crippen molar-refractivity contribution in [2.45, 2.75) is 36.7 Å². The molecule has 1 aliphatic rings. The van der Waals surface area contributed by atoms with Crippen molar-refractivity contribution < 1.29 is 9.72 Å². The Hall–Kier alpha value is -2.49. The van der Waals surface area contributed by atoms with E-state index in [1.54, 1.807) is 21.7 Å². The zero-order valence-corrected chi connectivity index (χ0v) is 14.0. The van der Waals surface area contributed by atoms with Gasteiger partial charge in [-0.25, -0.2) is 4.68 Å². The Labute approximate surface area is 142 Å². The average molecular weight is 348 g/mol. The third-order valence-corrected chi connectivity index (χ3v) is 4.91. The van der Waals surface area contributed by atoms with E-state index in [0.29, 0.717) is 23.8 Å². The third kappa shape index (κ3) is 3.09. The zero-order chi connectivity index (χ0) is 17.3. The third-order valence-electron chi connectivity index (χ3n) is 3.71. The fourth-order valence-corrected chi connectivity index (χ4v) is 3.65. The van der Waals surface area contributed by atoms with E-state index < -0.39 is 4.92 Å². The lowest BCUT2D eigenvalue weighted by Gasteiger charge is -2.16. The van der Waals surface area contributed by atoms with Crippen LogP contribution >= 0.6 is 11.8 Å². The predicted molar refractivity (Wildman–Crippen MR) is 87.9 cm³/mol. The van der Waals surface area contributed by atoms with Crippen molar-refractivity contribution in [3.05, 3.63) is 34.4 Å². The maximum atomic E-state index is 12.7. The number of rotatable bonds is 5. The van der Waals surface area contributed by atoms with Gasteiger partial charge in [0.15, 0.2) is 0 Å². The minimum Gasteiger partial charge on any atom is -0.311 e. The summed E-state index contributed by atoms with van der Waals surface area (Å²) in [5, 5.41) is 22.8. The van der Waals surface area contributed by atoms with Crippen LogP contribution in [0.5, 0.6) is 0 Å². The van der Waals surface area contributed by atoms with E-state index in [0.717, 1.165) is 0 Å². The minimum atomic E-state index is -0.465. The highest BCUT2D eigenvalue weighted by Crippen LogP contribution is 2.33. The number of thioether (sulfide) groups is 1. The van der Waals surface area contributed by atoms with Crippen molar-refractivity contribution in [3.8, 4) is 0 Å². The zero-order valence-electron chi connectivity index (χ0n) is 13.2. The number of non-ortho nitro benzene ring substituents is 1. The second-order valence-electron chi connectivity index (χ2n) is 5.66. The molecule has 0 aliphatic carbocycles. The van der Waals surface area contributed by atoms with Crippen LogP contribution in [0, 0.1) is 10.1 Å². The van der Waals surface area contributed by atoms with Crippen LogP contribution < -0.4 is 4.90 Å². The molecule has 1 unspecified atom stereocenters. The summed E-state index contributed by atoms with van der Waals surface area (Å²) >= 11 is 1.33. The Balaban J connectivity index is 1.77. The number of benzene rings is 1. The SMILES string of the molecule is CC(C)n1nnnc1SC1CCN(c2cccc([N+](=O)[O-])c2)C1=O. The standard InChI is InChI=1S/C14H16N6O3S/c1-9(2)19-14(15-16-17-19)24-12-6-7-18(13(12)21)10-4-3-5-11(8-10)20(22)23/h3-5,8-9,12H,6-7H2,1-2H3. The van der Waals surface area contributed by atoms with Crippen molar-refractivity contribution in [1.82, 2.24) is 20.2 Å². The van der Waals surface area contributed by atoms with Gasteiger partial charge in [0.25, 0.3) is 5.69 Å². The molecule has 1 aliphatic heterocycles. The minimum absolute atomic E-state index is 0.0276. The average Bonchev–Trinajstić information content (AvgIpc) is 3.15. The van der Waals surface area contributed by atoms with Crippen molar-refractivity contribution in [3.63, 3.8) is 0 Å². The molecule has 10 heteroatoms. The van der Waals surface area contributed by atoms with Gasteiger partial charge in [-0.15, -0.1) is 5.10 Å². The van der Waals surface area contributed by atoms with E-state index in [2.05, 4.69) is 15.5 Å². The number of hydrogen-bond donors (Lipinski definition) is 0. The summed E-state index contributed by atoms with van der Waals surface area (Å²) in [5.41, 5.74) is 0.515. The molecule has 2 aromatic rings. The number of nitrogens with zero attached hydrogens (tertiary/aromatic N) is 6. The number of nitro benzene ring substituents is 1. The van der Waals surface area contributed by atoms with Crippen LogP contribution in [0.2, 0.25) is 0 Å². The van der Waals surface area contributed by atoms with Gasteiger partial charge in [-0.05, 0) is 36.8 Å². The van der Waals surface area contributed by atoms with Gasteiger partial charge in [0, 0.05) is 18.7 Å². The van der Waals surface area contributed by atoms with E-state index >= 15 is 0 Å². The van der Waals surface area contributed by atoms with Gasteiger partial charge in [0.1, 0.15) is 0 Å². The van der Waals surface area contributed by atoms with Crippen LogP contribution in [0.1, 0.15) is 26.3 Å². The highest BCUT2D eigenvalue weighted by Gasteiger charge is 2.35. The lowest BCUT2D eigenvalue weighted by Crippen LogP contribution is -2.28. The molecule has 1 aromatic heterocycles. The van der Waals surface area contributed by atoms with Crippen molar-refractivity contribution in [2.75, 3.05) is 11.4 Å².